The van der Waals surface area contributed by atoms with Crippen LogP contribution >= 0.6 is 0 Å². The minimum absolute atomic E-state index is 0.324. The molecule has 0 aromatic carbocycles. The van der Waals surface area contributed by atoms with Crippen molar-refractivity contribution in [2.45, 2.75) is 26.4 Å². The smallest absolute Gasteiger partial charge is 0.350 e. The molecule has 0 aromatic rings. The Kier molecular flexibility index (Phi) is 5.12. The maximum absolute atomic E-state index is 11.7. The third-order valence-corrected chi connectivity index (χ3v) is 1.39. The number of ether oxygens (including phenoxy) is 2. The molecule has 1 radical (unpaired) electrons. The van der Waals surface area contributed by atoms with Crippen LogP contribution in [-0.2, 0) is 19.1 Å². The molecule has 0 bridgehead atoms. The second kappa shape index (κ2) is 5.57. The summed E-state index contributed by atoms with van der Waals surface area (Å²) in [5.41, 5.74) is -1.38. The van der Waals surface area contributed by atoms with Crippen LogP contribution in [0.2, 0.25) is 0 Å². The van der Waals surface area contributed by atoms with Gasteiger partial charge in [-0.3, -0.25) is 4.79 Å². The molecule has 0 aromatic heterocycles. The van der Waals surface area contributed by atoms with E-state index in [9.17, 15) is 14.0 Å². The Labute approximate surface area is 82.4 Å². The lowest BCUT2D eigenvalue weighted by Gasteiger charge is -2.22. The van der Waals surface area contributed by atoms with Gasteiger partial charge in [-0.2, -0.15) is 0 Å². The Morgan fingerprint density at radius 2 is 2.00 bits per heavy atom. The number of hydrogen-bond acceptors (Lipinski definition) is 4. The van der Waals surface area contributed by atoms with Crippen LogP contribution in [-0.4, -0.2) is 30.8 Å². The minimum Gasteiger partial charge on any atom is -0.460 e. The van der Waals surface area contributed by atoms with E-state index in [0.717, 1.165) is 0 Å². The van der Waals surface area contributed by atoms with Gasteiger partial charge in [-0.25, -0.2) is 9.18 Å². The normalized spacial score (nSPS) is 10.9. The van der Waals surface area contributed by atoms with Crippen LogP contribution in [0.3, 0.4) is 0 Å². The summed E-state index contributed by atoms with van der Waals surface area (Å²) in [5, 5.41) is 0. The summed E-state index contributed by atoms with van der Waals surface area (Å²) < 4.78 is 20.9. The fraction of sp³-hybridized carbons (Fsp3) is 0.667. The van der Waals surface area contributed by atoms with Gasteiger partial charge in [0.05, 0.1) is 6.42 Å². The van der Waals surface area contributed by atoms with Crippen molar-refractivity contribution < 1.29 is 23.5 Å². The Morgan fingerprint density at radius 1 is 1.43 bits per heavy atom. The molecular weight excluding hydrogens is 191 g/mol. The molecule has 5 heteroatoms. The summed E-state index contributed by atoms with van der Waals surface area (Å²) in [6.07, 6.45) is 1.18. The maximum atomic E-state index is 11.7. The lowest BCUT2D eigenvalue weighted by atomic mass is 10.1. The van der Waals surface area contributed by atoms with Gasteiger partial charge < -0.3 is 9.47 Å². The first-order chi connectivity index (χ1) is 6.44. The summed E-state index contributed by atoms with van der Waals surface area (Å²) in [4.78, 5) is 22.0. The molecular formula is C9H14FO4. The van der Waals surface area contributed by atoms with Crippen LogP contribution < -0.4 is 0 Å². The molecule has 0 saturated carbocycles. The SMILES string of the molecule is C[CH]C(=O)OC(C)(C)C(=O)OCCF. The molecule has 0 atom stereocenters. The van der Waals surface area contributed by atoms with Crippen LogP contribution in [0, 0.1) is 6.42 Å². The highest BCUT2D eigenvalue weighted by Crippen LogP contribution is 2.12. The van der Waals surface area contributed by atoms with Gasteiger partial charge in [0.25, 0.3) is 0 Å². The number of esters is 2. The number of hydrogen-bond donors (Lipinski definition) is 0. The Bertz CT molecular complexity index is 213. The van der Waals surface area contributed by atoms with Crippen LogP contribution in [0.25, 0.3) is 0 Å². The lowest BCUT2D eigenvalue weighted by Crippen LogP contribution is -2.39. The molecule has 0 spiro atoms. The summed E-state index contributed by atoms with van der Waals surface area (Å²) in [6.45, 7) is 3.18. The Balaban J connectivity index is 4.15. The van der Waals surface area contributed by atoms with E-state index in [1.54, 1.807) is 0 Å². The number of carbonyl (C=O) groups excluding carboxylic acids is 2. The van der Waals surface area contributed by atoms with E-state index in [-0.39, 0.29) is 6.61 Å². The summed E-state index contributed by atoms with van der Waals surface area (Å²) in [6, 6.07) is 0. The molecule has 81 valence electrons. The second-order valence-corrected chi connectivity index (χ2v) is 3.04. The zero-order valence-corrected chi connectivity index (χ0v) is 8.50. The molecule has 0 aliphatic rings. The van der Waals surface area contributed by atoms with E-state index in [1.165, 1.54) is 27.2 Å². The quantitative estimate of drug-likeness (QED) is 0.629. The van der Waals surface area contributed by atoms with Crippen molar-refractivity contribution in [3.8, 4) is 0 Å². The van der Waals surface area contributed by atoms with Gasteiger partial charge in [-0.05, 0) is 13.8 Å². The minimum atomic E-state index is -1.38. The summed E-state index contributed by atoms with van der Waals surface area (Å²) in [5.74, 6) is -1.38. The third kappa shape index (κ3) is 4.20. The molecule has 14 heavy (non-hydrogen) atoms. The molecule has 0 N–H and O–H groups in total. The predicted molar refractivity (Wildman–Crippen MR) is 47.1 cm³/mol. The average Bonchev–Trinajstić information content (AvgIpc) is 2.13. The van der Waals surface area contributed by atoms with E-state index in [1.807, 2.05) is 0 Å². The third-order valence-electron chi connectivity index (χ3n) is 1.39. The molecule has 0 rings (SSSR count). The molecule has 0 aliphatic heterocycles. The van der Waals surface area contributed by atoms with Gasteiger partial charge in [0.1, 0.15) is 13.3 Å². The lowest BCUT2D eigenvalue weighted by molar-refractivity contribution is -0.176. The van der Waals surface area contributed by atoms with Crippen molar-refractivity contribution in [1.29, 1.82) is 0 Å². The largest absolute Gasteiger partial charge is 0.460 e. The number of rotatable bonds is 5. The summed E-state index contributed by atoms with van der Waals surface area (Å²) in [7, 11) is 0. The van der Waals surface area contributed by atoms with Gasteiger partial charge in [-0.15, -0.1) is 0 Å². The molecule has 4 nitrogen and oxygen atoms in total. The first kappa shape index (κ1) is 12.9. The molecule has 0 heterocycles. The highest BCUT2D eigenvalue weighted by atomic mass is 19.1. The fourth-order valence-electron chi connectivity index (χ4n) is 0.657. The second-order valence-electron chi connectivity index (χ2n) is 3.04. The van der Waals surface area contributed by atoms with Crippen molar-refractivity contribution in [3.63, 3.8) is 0 Å². The van der Waals surface area contributed by atoms with E-state index in [2.05, 4.69) is 4.74 Å². The predicted octanol–water partition coefficient (Wildman–Crippen LogP) is 1.05. The Morgan fingerprint density at radius 3 is 2.43 bits per heavy atom. The summed E-state index contributed by atoms with van der Waals surface area (Å²) >= 11 is 0. The zero-order valence-electron chi connectivity index (χ0n) is 8.50. The zero-order chi connectivity index (χ0) is 11.2. The topological polar surface area (TPSA) is 52.6 Å². The van der Waals surface area contributed by atoms with Gasteiger partial charge in [0.2, 0.25) is 5.60 Å². The van der Waals surface area contributed by atoms with E-state index < -0.39 is 24.2 Å². The van der Waals surface area contributed by atoms with Gasteiger partial charge in [-0.1, -0.05) is 6.92 Å². The van der Waals surface area contributed by atoms with Crippen molar-refractivity contribution >= 4 is 11.9 Å². The molecule has 0 aliphatic carbocycles. The number of halogens is 1. The van der Waals surface area contributed by atoms with Crippen LogP contribution in [0.1, 0.15) is 20.8 Å². The first-order valence-electron chi connectivity index (χ1n) is 4.19. The fourth-order valence-corrected chi connectivity index (χ4v) is 0.657. The van der Waals surface area contributed by atoms with E-state index in [0.29, 0.717) is 0 Å². The van der Waals surface area contributed by atoms with Crippen molar-refractivity contribution in [2.24, 2.45) is 0 Å². The van der Waals surface area contributed by atoms with Gasteiger partial charge in [0, 0.05) is 0 Å². The first-order valence-corrected chi connectivity index (χ1v) is 4.19. The number of alkyl halides is 1. The van der Waals surface area contributed by atoms with E-state index >= 15 is 0 Å². The molecule has 0 fully saturated rings. The van der Waals surface area contributed by atoms with Crippen LogP contribution in [0.5, 0.6) is 0 Å². The van der Waals surface area contributed by atoms with Gasteiger partial charge >= 0.3 is 11.9 Å². The van der Waals surface area contributed by atoms with Crippen LogP contribution in [0.4, 0.5) is 4.39 Å². The molecule has 0 saturated heterocycles. The monoisotopic (exact) mass is 205 g/mol. The number of carbonyl (C=O) groups is 2. The standard InChI is InChI=1S/C9H14FO4/c1-4-7(11)14-9(2,3)8(12)13-6-5-10/h4H,5-6H2,1-3H3. The average molecular weight is 205 g/mol. The van der Waals surface area contributed by atoms with Crippen molar-refractivity contribution in [1.82, 2.24) is 0 Å². The maximum Gasteiger partial charge on any atom is 0.350 e. The van der Waals surface area contributed by atoms with Crippen molar-refractivity contribution in [3.05, 3.63) is 6.42 Å². The van der Waals surface area contributed by atoms with Crippen molar-refractivity contribution in [2.75, 3.05) is 13.3 Å². The van der Waals surface area contributed by atoms with Crippen LogP contribution in [0.15, 0.2) is 0 Å². The highest BCUT2D eigenvalue weighted by Gasteiger charge is 2.33. The highest BCUT2D eigenvalue weighted by molar-refractivity contribution is 5.85. The Hall–Kier alpha value is -1.13. The molecule has 0 unspecified atom stereocenters. The molecule has 0 amide bonds. The van der Waals surface area contributed by atoms with E-state index in [4.69, 9.17) is 4.74 Å². The van der Waals surface area contributed by atoms with Gasteiger partial charge in [0.15, 0.2) is 0 Å².